The number of hydrogen-bond donors (Lipinski definition) is 0. The zero-order valence-electron chi connectivity index (χ0n) is 12.4. The molecule has 0 aliphatic rings. The van der Waals surface area contributed by atoms with Gasteiger partial charge in [-0.1, -0.05) is 72.3 Å². The van der Waals surface area contributed by atoms with E-state index in [0.717, 1.165) is 11.1 Å². The van der Waals surface area contributed by atoms with Crippen LogP contribution in [0.4, 0.5) is 0 Å². The van der Waals surface area contributed by atoms with Gasteiger partial charge in [0.05, 0.1) is 17.3 Å². The van der Waals surface area contributed by atoms with Gasteiger partial charge >= 0.3 is 0 Å². The average Bonchev–Trinajstić information content (AvgIpc) is 2.58. The lowest BCUT2D eigenvalue weighted by atomic mass is 10.1. The second-order valence-corrected chi connectivity index (χ2v) is 5.44. The fraction of sp³-hybridized carbons (Fsp3) is 0.0526. The first-order valence-electron chi connectivity index (χ1n) is 7.29. The maximum absolute atomic E-state index is 12.0. The normalized spacial score (nSPS) is 11.0. The van der Waals surface area contributed by atoms with Gasteiger partial charge in [-0.15, -0.1) is 0 Å². The lowest BCUT2D eigenvalue weighted by Gasteiger charge is -2.06. The first kappa shape index (κ1) is 15.3. The monoisotopic (exact) mass is 322 g/mol. The van der Waals surface area contributed by atoms with E-state index in [4.69, 9.17) is 11.6 Å². The van der Waals surface area contributed by atoms with Gasteiger partial charge in [-0.3, -0.25) is 4.79 Å². The Bertz CT molecular complexity index is 885. The van der Waals surface area contributed by atoms with Crippen LogP contribution in [-0.4, -0.2) is 9.78 Å². The molecule has 2 aromatic carbocycles. The highest BCUT2D eigenvalue weighted by Gasteiger charge is 2.06. The molecule has 0 amide bonds. The average molecular weight is 323 g/mol. The Kier molecular flexibility index (Phi) is 4.69. The molecule has 0 radical (unpaired) electrons. The number of allylic oxidation sites excluding steroid dienone is 1. The Labute approximate surface area is 139 Å². The molecule has 0 atom stereocenters. The van der Waals surface area contributed by atoms with Gasteiger partial charge in [-0.05, 0) is 17.7 Å². The molecule has 3 rings (SSSR count). The van der Waals surface area contributed by atoms with Gasteiger partial charge in [0, 0.05) is 11.6 Å². The first-order valence-corrected chi connectivity index (χ1v) is 7.66. The number of benzene rings is 2. The molecule has 114 valence electrons. The summed E-state index contributed by atoms with van der Waals surface area (Å²) in [5.41, 5.74) is 2.44. The van der Waals surface area contributed by atoms with Crippen molar-refractivity contribution in [2.45, 2.75) is 6.54 Å². The predicted molar refractivity (Wildman–Crippen MR) is 94.4 cm³/mol. The summed E-state index contributed by atoms with van der Waals surface area (Å²) in [7, 11) is 0. The van der Waals surface area contributed by atoms with Crippen LogP contribution >= 0.6 is 11.6 Å². The van der Waals surface area contributed by atoms with Gasteiger partial charge in [0.15, 0.2) is 0 Å². The summed E-state index contributed by atoms with van der Waals surface area (Å²) in [4.78, 5) is 12.0. The summed E-state index contributed by atoms with van der Waals surface area (Å²) >= 11 is 6.19. The van der Waals surface area contributed by atoms with E-state index in [1.165, 1.54) is 10.7 Å². The summed E-state index contributed by atoms with van der Waals surface area (Å²) in [5, 5.41) is 5.02. The number of halogens is 1. The van der Waals surface area contributed by atoms with Crippen LogP contribution in [-0.2, 0) is 6.54 Å². The van der Waals surface area contributed by atoms with Crippen LogP contribution in [0.3, 0.4) is 0 Å². The Hall–Kier alpha value is -2.65. The second kappa shape index (κ2) is 7.07. The maximum atomic E-state index is 12.0. The van der Waals surface area contributed by atoms with E-state index >= 15 is 0 Å². The third-order valence-electron chi connectivity index (χ3n) is 3.40. The summed E-state index contributed by atoms with van der Waals surface area (Å²) in [5.74, 6) is 0. The van der Waals surface area contributed by atoms with Crippen LogP contribution in [0.5, 0.6) is 0 Å². The van der Waals surface area contributed by atoms with Gasteiger partial charge in [-0.2, -0.15) is 5.10 Å². The lowest BCUT2D eigenvalue weighted by molar-refractivity contribution is 0.656. The number of hydrogen-bond acceptors (Lipinski definition) is 2. The van der Waals surface area contributed by atoms with E-state index in [1.807, 2.05) is 66.7 Å². The Morgan fingerprint density at radius 1 is 0.957 bits per heavy atom. The molecule has 3 nitrogen and oxygen atoms in total. The SMILES string of the molecule is O=c1ccc(-c2ccccc2Cl)nn1CC=Cc1ccccc1. The summed E-state index contributed by atoms with van der Waals surface area (Å²) in [6.45, 7) is 0.409. The molecule has 4 heteroatoms. The minimum atomic E-state index is -0.140. The molecular weight excluding hydrogens is 308 g/mol. The highest BCUT2D eigenvalue weighted by molar-refractivity contribution is 6.33. The maximum Gasteiger partial charge on any atom is 0.267 e. The minimum Gasteiger partial charge on any atom is -0.268 e. The smallest absolute Gasteiger partial charge is 0.267 e. The Balaban J connectivity index is 1.86. The van der Waals surface area contributed by atoms with Crippen LogP contribution in [0.1, 0.15) is 5.56 Å². The van der Waals surface area contributed by atoms with Crippen LogP contribution in [0.2, 0.25) is 5.02 Å². The predicted octanol–water partition coefficient (Wildman–Crippen LogP) is 4.28. The molecule has 23 heavy (non-hydrogen) atoms. The van der Waals surface area contributed by atoms with Crippen LogP contribution in [0, 0.1) is 0 Å². The van der Waals surface area contributed by atoms with E-state index in [0.29, 0.717) is 17.3 Å². The molecule has 0 spiro atoms. The quantitative estimate of drug-likeness (QED) is 0.718. The van der Waals surface area contributed by atoms with Crippen LogP contribution < -0.4 is 5.56 Å². The van der Waals surface area contributed by atoms with Crippen LogP contribution in [0.25, 0.3) is 17.3 Å². The van der Waals surface area contributed by atoms with E-state index in [9.17, 15) is 4.79 Å². The molecule has 0 aliphatic heterocycles. The summed E-state index contributed by atoms with van der Waals surface area (Å²) in [6.07, 6.45) is 3.89. The highest BCUT2D eigenvalue weighted by atomic mass is 35.5. The van der Waals surface area contributed by atoms with Gasteiger partial charge in [-0.25, -0.2) is 4.68 Å². The fourth-order valence-corrected chi connectivity index (χ4v) is 2.48. The van der Waals surface area contributed by atoms with Crippen molar-refractivity contribution in [1.29, 1.82) is 0 Å². The first-order chi connectivity index (χ1) is 11.2. The van der Waals surface area contributed by atoms with E-state index < -0.39 is 0 Å². The van der Waals surface area contributed by atoms with Gasteiger partial charge in [0.1, 0.15) is 0 Å². The van der Waals surface area contributed by atoms with E-state index in [-0.39, 0.29) is 5.56 Å². The van der Waals surface area contributed by atoms with Crippen molar-refractivity contribution in [2.75, 3.05) is 0 Å². The summed E-state index contributed by atoms with van der Waals surface area (Å²) < 4.78 is 1.43. The van der Waals surface area contributed by atoms with E-state index in [1.54, 1.807) is 6.07 Å². The molecule has 0 fully saturated rings. The molecule has 3 aromatic rings. The summed E-state index contributed by atoms with van der Waals surface area (Å²) in [6, 6.07) is 20.6. The molecule has 0 aliphatic carbocycles. The Morgan fingerprint density at radius 3 is 2.48 bits per heavy atom. The third kappa shape index (κ3) is 3.76. The van der Waals surface area contributed by atoms with Crippen molar-refractivity contribution < 1.29 is 0 Å². The van der Waals surface area contributed by atoms with Crippen LogP contribution in [0.15, 0.2) is 77.6 Å². The highest BCUT2D eigenvalue weighted by Crippen LogP contribution is 2.24. The third-order valence-corrected chi connectivity index (χ3v) is 3.73. The molecule has 0 N–H and O–H groups in total. The van der Waals surface area contributed by atoms with Gasteiger partial charge in [0.25, 0.3) is 5.56 Å². The zero-order valence-corrected chi connectivity index (χ0v) is 13.1. The molecule has 0 saturated carbocycles. The van der Waals surface area contributed by atoms with Crippen molar-refractivity contribution in [2.24, 2.45) is 0 Å². The molecule has 0 unspecified atom stereocenters. The molecule has 0 bridgehead atoms. The largest absolute Gasteiger partial charge is 0.268 e. The topological polar surface area (TPSA) is 34.9 Å². The fourth-order valence-electron chi connectivity index (χ4n) is 2.25. The molecule has 1 heterocycles. The van der Waals surface area contributed by atoms with Gasteiger partial charge < -0.3 is 0 Å². The molecular formula is C19H15ClN2O. The second-order valence-electron chi connectivity index (χ2n) is 5.03. The Morgan fingerprint density at radius 2 is 1.70 bits per heavy atom. The van der Waals surface area contributed by atoms with Gasteiger partial charge in [0.2, 0.25) is 0 Å². The van der Waals surface area contributed by atoms with Crippen molar-refractivity contribution >= 4 is 17.7 Å². The van der Waals surface area contributed by atoms with Crippen molar-refractivity contribution in [1.82, 2.24) is 9.78 Å². The number of rotatable bonds is 4. The number of nitrogens with zero attached hydrogens (tertiary/aromatic N) is 2. The van der Waals surface area contributed by atoms with Crippen molar-refractivity contribution in [3.8, 4) is 11.3 Å². The molecule has 1 aromatic heterocycles. The van der Waals surface area contributed by atoms with Crippen molar-refractivity contribution in [3.05, 3.63) is 93.7 Å². The van der Waals surface area contributed by atoms with Crippen molar-refractivity contribution in [3.63, 3.8) is 0 Å². The van der Waals surface area contributed by atoms with E-state index in [2.05, 4.69) is 5.10 Å². The molecule has 0 saturated heterocycles. The standard InChI is InChI=1S/C19H15ClN2O/c20-17-11-5-4-10-16(17)18-12-13-19(23)22(21-18)14-6-9-15-7-2-1-3-8-15/h1-13H,14H2. The zero-order chi connectivity index (χ0) is 16.1. The lowest BCUT2D eigenvalue weighted by Crippen LogP contribution is -2.21. The number of aromatic nitrogens is 2. The minimum absolute atomic E-state index is 0.140.